The monoisotopic (exact) mass is 281 g/mol. The van der Waals surface area contributed by atoms with Crippen molar-refractivity contribution >= 4 is 0 Å². The number of likely N-dealkylation sites (N-methyl/N-ethyl adjacent to an activating group) is 1. The maximum absolute atomic E-state index is 3.60. The molecular weight excluding hydrogens is 246 g/mol. The highest BCUT2D eigenvalue weighted by molar-refractivity contribution is 4.93. The van der Waals surface area contributed by atoms with E-state index in [0.717, 1.165) is 18.6 Å². The quantitative estimate of drug-likeness (QED) is 0.774. The van der Waals surface area contributed by atoms with Crippen molar-refractivity contribution in [2.45, 2.75) is 65.0 Å². The van der Waals surface area contributed by atoms with Gasteiger partial charge in [0.05, 0.1) is 0 Å². The second-order valence-electron chi connectivity index (χ2n) is 7.06. The molecule has 3 nitrogen and oxygen atoms in total. The van der Waals surface area contributed by atoms with Gasteiger partial charge in [0.2, 0.25) is 0 Å². The third-order valence-electron chi connectivity index (χ3n) is 6.04. The molecule has 2 aliphatic heterocycles. The Morgan fingerprint density at radius 3 is 2.40 bits per heavy atom. The SMILES string of the molecule is CCNCC(CC)(CC)CN1CCC2CCC(C1)N2C. The van der Waals surface area contributed by atoms with Gasteiger partial charge in [0.25, 0.3) is 0 Å². The van der Waals surface area contributed by atoms with Gasteiger partial charge in [-0.3, -0.25) is 4.90 Å². The van der Waals surface area contributed by atoms with E-state index in [9.17, 15) is 0 Å². The van der Waals surface area contributed by atoms with Crippen molar-refractivity contribution in [1.82, 2.24) is 15.1 Å². The topological polar surface area (TPSA) is 18.5 Å². The van der Waals surface area contributed by atoms with Crippen LogP contribution < -0.4 is 5.32 Å². The Hall–Kier alpha value is -0.120. The number of likely N-dealkylation sites (tertiary alicyclic amines) is 1. The van der Waals surface area contributed by atoms with E-state index in [0.29, 0.717) is 5.41 Å². The molecule has 0 aromatic heterocycles. The van der Waals surface area contributed by atoms with Crippen molar-refractivity contribution in [3.63, 3.8) is 0 Å². The average Bonchev–Trinajstić information content (AvgIpc) is 2.71. The fraction of sp³-hybridized carbons (Fsp3) is 1.00. The molecule has 0 radical (unpaired) electrons. The lowest BCUT2D eigenvalue weighted by Gasteiger charge is -2.38. The zero-order valence-electron chi connectivity index (χ0n) is 14.1. The maximum Gasteiger partial charge on any atom is 0.0223 e. The summed E-state index contributed by atoms with van der Waals surface area (Å²) in [5.74, 6) is 0. The molecule has 0 aliphatic carbocycles. The highest BCUT2D eigenvalue weighted by Crippen LogP contribution is 2.32. The predicted molar refractivity (Wildman–Crippen MR) is 87.2 cm³/mol. The molecule has 2 aliphatic rings. The molecule has 2 unspecified atom stereocenters. The van der Waals surface area contributed by atoms with Crippen molar-refractivity contribution in [2.24, 2.45) is 5.41 Å². The number of hydrogen-bond acceptors (Lipinski definition) is 3. The van der Waals surface area contributed by atoms with Crippen LogP contribution in [-0.2, 0) is 0 Å². The van der Waals surface area contributed by atoms with Gasteiger partial charge in [0.1, 0.15) is 0 Å². The Morgan fingerprint density at radius 2 is 1.75 bits per heavy atom. The van der Waals surface area contributed by atoms with Crippen molar-refractivity contribution in [1.29, 1.82) is 0 Å². The number of nitrogens with zero attached hydrogens (tertiary/aromatic N) is 2. The van der Waals surface area contributed by atoms with Crippen molar-refractivity contribution in [3.05, 3.63) is 0 Å². The molecule has 2 rings (SSSR count). The first-order valence-corrected chi connectivity index (χ1v) is 8.79. The number of rotatable bonds is 7. The molecular formula is C17H35N3. The van der Waals surface area contributed by atoms with Crippen LogP contribution in [-0.4, -0.2) is 61.7 Å². The Bertz CT molecular complexity index is 288. The summed E-state index contributed by atoms with van der Waals surface area (Å²) in [4.78, 5) is 5.43. The lowest BCUT2D eigenvalue weighted by atomic mass is 9.81. The van der Waals surface area contributed by atoms with Gasteiger partial charge in [-0.2, -0.15) is 0 Å². The van der Waals surface area contributed by atoms with Gasteiger partial charge < -0.3 is 10.2 Å². The minimum Gasteiger partial charge on any atom is -0.316 e. The Morgan fingerprint density at radius 1 is 1.05 bits per heavy atom. The van der Waals surface area contributed by atoms with Crippen LogP contribution in [0.1, 0.15) is 52.9 Å². The van der Waals surface area contributed by atoms with Crippen LogP contribution >= 0.6 is 0 Å². The minimum atomic E-state index is 0.470. The molecule has 0 amide bonds. The summed E-state index contributed by atoms with van der Waals surface area (Å²) in [5.41, 5.74) is 0.470. The summed E-state index contributed by atoms with van der Waals surface area (Å²) in [6.07, 6.45) is 6.79. The van der Waals surface area contributed by atoms with Gasteiger partial charge in [0, 0.05) is 31.7 Å². The van der Waals surface area contributed by atoms with E-state index < -0.39 is 0 Å². The molecule has 2 heterocycles. The van der Waals surface area contributed by atoms with Gasteiger partial charge in [-0.25, -0.2) is 0 Å². The van der Waals surface area contributed by atoms with E-state index in [1.54, 1.807) is 0 Å². The standard InChI is InChI=1S/C17H35N3/c1-5-17(6-2,13-18-7-3)14-20-11-10-15-8-9-16(12-20)19(15)4/h15-16,18H,5-14H2,1-4H3. The molecule has 2 saturated heterocycles. The Kier molecular flexibility index (Phi) is 5.88. The maximum atomic E-state index is 3.60. The molecule has 2 atom stereocenters. The van der Waals surface area contributed by atoms with E-state index in [-0.39, 0.29) is 0 Å². The Labute approximate surface area is 126 Å². The molecule has 1 N–H and O–H groups in total. The largest absolute Gasteiger partial charge is 0.316 e. The first-order valence-electron chi connectivity index (χ1n) is 8.79. The second-order valence-corrected chi connectivity index (χ2v) is 7.06. The fourth-order valence-corrected chi connectivity index (χ4v) is 4.17. The first-order chi connectivity index (χ1) is 9.64. The van der Waals surface area contributed by atoms with E-state index in [1.807, 2.05) is 0 Å². The zero-order valence-corrected chi connectivity index (χ0v) is 14.1. The highest BCUT2D eigenvalue weighted by Gasteiger charge is 2.37. The molecule has 0 saturated carbocycles. The van der Waals surface area contributed by atoms with Gasteiger partial charge >= 0.3 is 0 Å². The number of hydrogen-bond donors (Lipinski definition) is 1. The van der Waals surface area contributed by atoms with Crippen LogP contribution in [0.15, 0.2) is 0 Å². The second kappa shape index (κ2) is 7.24. The lowest BCUT2D eigenvalue weighted by Crippen LogP contribution is -2.46. The Balaban J connectivity index is 1.96. The number of nitrogens with one attached hydrogen (secondary N) is 1. The van der Waals surface area contributed by atoms with Crippen molar-refractivity contribution < 1.29 is 0 Å². The highest BCUT2D eigenvalue weighted by atomic mass is 15.3. The van der Waals surface area contributed by atoms with Crippen LogP contribution in [0.3, 0.4) is 0 Å². The van der Waals surface area contributed by atoms with E-state index in [4.69, 9.17) is 0 Å². The molecule has 3 heteroatoms. The van der Waals surface area contributed by atoms with Crippen LogP contribution in [0.4, 0.5) is 0 Å². The summed E-state index contributed by atoms with van der Waals surface area (Å²) in [7, 11) is 2.34. The fourth-order valence-electron chi connectivity index (χ4n) is 4.17. The number of fused-ring (bicyclic) bond motifs is 2. The predicted octanol–water partition coefficient (Wildman–Crippen LogP) is 2.57. The van der Waals surface area contributed by atoms with E-state index in [2.05, 4.69) is 42.9 Å². The molecule has 2 fully saturated rings. The zero-order chi connectivity index (χ0) is 14.6. The van der Waals surface area contributed by atoms with Gasteiger partial charge in [0.15, 0.2) is 0 Å². The van der Waals surface area contributed by atoms with Crippen LogP contribution in [0.2, 0.25) is 0 Å². The summed E-state index contributed by atoms with van der Waals surface area (Å²) in [6.45, 7) is 13.1. The minimum absolute atomic E-state index is 0.470. The molecule has 0 spiro atoms. The first kappa shape index (κ1) is 16.3. The summed E-state index contributed by atoms with van der Waals surface area (Å²) >= 11 is 0. The van der Waals surface area contributed by atoms with Crippen LogP contribution in [0.5, 0.6) is 0 Å². The molecule has 2 bridgehead atoms. The van der Waals surface area contributed by atoms with Gasteiger partial charge in [-0.15, -0.1) is 0 Å². The van der Waals surface area contributed by atoms with E-state index in [1.165, 1.54) is 58.3 Å². The lowest BCUT2D eigenvalue weighted by molar-refractivity contribution is 0.124. The van der Waals surface area contributed by atoms with Gasteiger partial charge in [-0.05, 0) is 57.7 Å². The molecule has 0 aromatic rings. The third kappa shape index (κ3) is 3.55. The smallest absolute Gasteiger partial charge is 0.0223 e. The molecule has 20 heavy (non-hydrogen) atoms. The van der Waals surface area contributed by atoms with Crippen LogP contribution in [0, 0.1) is 5.41 Å². The van der Waals surface area contributed by atoms with Crippen molar-refractivity contribution in [3.8, 4) is 0 Å². The molecule has 118 valence electrons. The average molecular weight is 281 g/mol. The van der Waals surface area contributed by atoms with Gasteiger partial charge in [-0.1, -0.05) is 20.8 Å². The van der Waals surface area contributed by atoms with Crippen LogP contribution in [0.25, 0.3) is 0 Å². The van der Waals surface area contributed by atoms with E-state index >= 15 is 0 Å². The molecule has 0 aromatic carbocycles. The van der Waals surface area contributed by atoms with Crippen molar-refractivity contribution in [2.75, 3.05) is 39.8 Å². The normalized spacial score (nSPS) is 28.8. The summed E-state index contributed by atoms with van der Waals surface area (Å²) in [6, 6.07) is 1.67. The third-order valence-corrected chi connectivity index (χ3v) is 6.04. The summed E-state index contributed by atoms with van der Waals surface area (Å²) in [5, 5.41) is 3.60. The summed E-state index contributed by atoms with van der Waals surface area (Å²) < 4.78 is 0.